The molecule has 0 aromatic carbocycles. The van der Waals surface area contributed by atoms with Crippen molar-refractivity contribution in [1.82, 2.24) is 0 Å². The lowest BCUT2D eigenvalue weighted by Gasteiger charge is -2.11. The van der Waals surface area contributed by atoms with Gasteiger partial charge in [-0.2, -0.15) is 0 Å². The molecule has 0 aliphatic rings. The summed E-state index contributed by atoms with van der Waals surface area (Å²) in [5.74, 6) is 0.361. The van der Waals surface area contributed by atoms with Crippen LogP contribution in [-0.4, -0.2) is 25.2 Å². The van der Waals surface area contributed by atoms with E-state index in [1.807, 2.05) is 0 Å². The normalized spacial score (nSPS) is 12.0. The highest BCUT2D eigenvalue weighted by molar-refractivity contribution is 5.69. The van der Waals surface area contributed by atoms with Crippen molar-refractivity contribution < 1.29 is 19.1 Å². The average Bonchev–Trinajstić information content (AvgIpc) is 2.72. The SMILES string of the molecule is CCCCCCOC(=O)CCCCCCCCCC(C)CC(=O)OCCCCCC. The van der Waals surface area contributed by atoms with Gasteiger partial charge in [0.15, 0.2) is 0 Å². The molecule has 30 heavy (non-hydrogen) atoms. The third-order valence-electron chi connectivity index (χ3n) is 5.61. The first kappa shape index (κ1) is 28.9. The number of carbonyl (C=O) groups excluding carboxylic acids is 2. The van der Waals surface area contributed by atoms with Crippen molar-refractivity contribution in [3.05, 3.63) is 0 Å². The fraction of sp³-hybridized carbons (Fsp3) is 0.923. The summed E-state index contributed by atoms with van der Waals surface area (Å²) in [6, 6.07) is 0. The lowest BCUT2D eigenvalue weighted by atomic mass is 9.99. The van der Waals surface area contributed by atoms with Gasteiger partial charge in [0.1, 0.15) is 0 Å². The minimum atomic E-state index is -0.0292. The molecule has 0 spiro atoms. The molecule has 4 nitrogen and oxygen atoms in total. The molecule has 1 unspecified atom stereocenters. The molecule has 0 radical (unpaired) electrons. The average molecular weight is 427 g/mol. The molecule has 0 fully saturated rings. The zero-order valence-electron chi connectivity index (χ0n) is 20.4. The smallest absolute Gasteiger partial charge is 0.306 e. The van der Waals surface area contributed by atoms with Crippen LogP contribution in [0.25, 0.3) is 0 Å². The van der Waals surface area contributed by atoms with Gasteiger partial charge < -0.3 is 9.47 Å². The first-order chi connectivity index (χ1) is 14.6. The number of esters is 2. The summed E-state index contributed by atoms with van der Waals surface area (Å²) in [6.07, 6.45) is 19.6. The van der Waals surface area contributed by atoms with Crippen molar-refractivity contribution in [2.45, 2.75) is 136 Å². The summed E-state index contributed by atoms with van der Waals surface area (Å²) in [6.45, 7) is 7.70. The van der Waals surface area contributed by atoms with E-state index in [0.717, 1.165) is 44.9 Å². The Morgan fingerprint density at radius 2 is 1.07 bits per heavy atom. The highest BCUT2D eigenvalue weighted by atomic mass is 16.5. The third-order valence-corrected chi connectivity index (χ3v) is 5.61. The molecule has 4 heteroatoms. The fourth-order valence-electron chi connectivity index (χ4n) is 3.59. The van der Waals surface area contributed by atoms with Crippen LogP contribution in [0.3, 0.4) is 0 Å². The summed E-state index contributed by atoms with van der Waals surface area (Å²) in [7, 11) is 0. The van der Waals surface area contributed by atoms with Gasteiger partial charge in [-0.1, -0.05) is 104 Å². The lowest BCUT2D eigenvalue weighted by molar-refractivity contribution is -0.145. The molecule has 1 atom stereocenters. The monoisotopic (exact) mass is 426 g/mol. The van der Waals surface area contributed by atoms with Crippen LogP contribution < -0.4 is 0 Å². The van der Waals surface area contributed by atoms with Crippen molar-refractivity contribution in [1.29, 1.82) is 0 Å². The zero-order valence-corrected chi connectivity index (χ0v) is 20.4. The Balaban J connectivity index is 3.36. The topological polar surface area (TPSA) is 52.6 Å². The minimum absolute atomic E-state index is 0.0278. The van der Waals surface area contributed by atoms with Gasteiger partial charge in [0, 0.05) is 12.8 Å². The molecule has 0 aromatic heterocycles. The highest BCUT2D eigenvalue weighted by Crippen LogP contribution is 2.16. The number of hydrogen-bond acceptors (Lipinski definition) is 4. The summed E-state index contributed by atoms with van der Waals surface area (Å²) in [5.41, 5.74) is 0. The molecule has 178 valence electrons. The van der Waals surface area contributed by atoms with Gasteiger partial charge in [-0.05, 0) is 25.2 Å². The Kier molecular flexibility index (Phi) is 21.8. The van der Waals surface area contributed by atoms with Crippen LogP contribution in [0.4, 0.5) is 0 Å². The van der Waals surface area contributed by atoms with Crippen molar-refractivity contribution in [3.8, 4) is 0 Å². The maximum atomic E-state index is 11.8. The molecule has 0 aliphatic heterocycles. The summed E-state index contributed by atoms with van der Waals surface area (Å²) < 4.78 is 10.6. The van der Waals surface area contributed by atoms with Crippen molar-refractivity contribution >= 4 is 11.9 Å². The van der Waals surface area contributed by atoms with Crippen LogP contribution in [0.15, 0.2) is 0 Å². The van der Waals surface area contributed by atoms with Crippen LogP contribution in [0.5, 0.6) is 0 Å². The lowest BCUT2D eigenvalue weighted by Crippen LogP contribution is -2.10. The number of unbranched alkanes of at least 4 members (excludes halogenated alkanes) is 12. The van der Waals surface area contributed by atoms with Crippen molar-refractivity contribution in [3.63, 3.8) is 0 Å². The second kappa shape index (κ2) is 22.6. The Bertz CT molecular complexity index is 394. The summed E-state index contributed by atoms with van der Waals surface area (Å²) in [5, 5.41) is 0. The fourth-order valence-corrected chi connectivity index (χ4v) is 3.59. The van der Waals surface area contributed by atoms with Gasteiger partial charge in [-0.15, -0.1) is 0 Å². The molecular weight excluding hydrogens is 376 g/mol. The predicted octanol–water partition coefficient (Wildman–Crippen LogP) is 7.77. The Hall–Kier alpha value is -1.06. The highest BCUT2D eigenvalue weighted by Gasteiger charge is 2.10. The standard InChI is InChI=1S/C26H50O4/c1-4-6-8-17-21-29-25(27)20-16-14-12-10-11-13-15-19-24(3)23-26(28)30-22-18-9-7-5-2/h24H,4-23H2,1-3H3. The molecule has 0 saturated carbocycles. The van der Waals surface area contributed by atoms with E-state index in [4.69, 9.17) is 9.47 Å². The molecular formula is C26H50O4. The maximum Gasteiger partial charge on any atom is 0.306 e. The Morgan fingerprint density at radius 3 is 1.63 bits per heavy atom. The van der Waals surface area contributed by atoms with Crippen LogP contribution in [0, 0.1) is 5.92 Å². The number of hydrogen-bond donors (Lipinski definition) is 0. The van der Waals surface area contributed by atoms with Crippen LogP contribution in [0.2, 0.25) is 0 Å². The van der Waals surface area contributed by atoms with Crippen molar-refractivity contribution in [2.75, 3.05) is 13.2 Å². The van der Waals surface area contributed by atoms with Crippen molar-refractivity contribution in [2.24, 2.45) is 5.92 Å². The van der Waals surface area contributed by atoms with Gasteiger partial charge in [0.05, 0.1) is 13.2 Å². The first-order valence-electron chi connectivity index (χ1n) is 12.9. The summed E-state index contributed by atoms with van der Waals surface area (Å²) >= 11 is 0. The minimum Gasteiger partial charge on any atom is -0.466 e. The third kappa shape index (κ3) is 21.6. The van der Waals surface area contributed by atoms with E-state index in [2.05, 4.69) is 20.8 Å². The number of ether oxygens (including phenoxy) is 2. The second-order valence-electron chi connectivity index (χ2n) is 8.89. The van der Waals surface area contributed by atoms with E-state index in [1.165, 1.54) is 57.8 Å². The van der Waals surface area contributed by atoms with Gasteiger partial charge in [-0.25, -0.2) is 0 Å². The molecule has 0 aliphatic carbocycles. The molecule has 0 aromatic rings. The van der Waals surface area contributed by atoms with E-state index in [-0.39, 0.29) is 11.9 Å². The van der Waals surface area contributed by atoms with E-state index in [9.17, 15) is 9.59 Å². The Labute approximate surface area is 186 Å². The number of carbonyl (C=O) groups is 2. The molecule has 0 amide bonds. The molecule has 0 bridgehead atoms. The van der Waals surface area contributed by atoms with Crippen LogP contribution >= 0.6 is 0 Å². The van der Waals surface area contributed by atoms with Crippen LogP contribution in [-0.2, 0) is 19.1 Å². The predicted molar refractivity (Wildman–Crippen MR) is 126 cm³/mol. The second-order valence-corrected chi connectivity index (χ2v) is 8.89. The van der Waals surface area contributed by atoms with E-state index >= 15 is 0 Å². The maximum absolute atomic E-state index is 11.8. The van der Waals surface area contributed by atoms with Gasteiger partial charge in [0.25, 0.3) is 0 Å². The van der Waals surface area contributed by atoms with E-state index in [0.29, 0.717) is 32.0 Å². The quantitative estimate of drug-likeness (QED) is 0.131. The first-order valence-corrected chi connectivity index (χ1v) is 12.9. The molecule has 0 rings (SSSR count). The van der Waals surface area contributed by atoms with E-state index < -0.39 is 0 Å². The zero-order chi connectivity index (χ0) is 22.3. The van der Waals surface area contributed by atoms with Crippen LogP contribution in [0.1, 0.15) is 136 Å². The molecule has 0 saturated heterocycles. The van der Waals surface area contributed by atoms with E-state index in [1.54, 1.807) is 0 Å². The summed E-state index contributed by atoms with van der Waals surface area (Å²) in [4.78, 5) is 23.4. The number of rotatable bonds is 22. The molecule has 0 heterocycles. The van der Waals surface area contributed by atoms with Gasteiger partial charge in [0.2, 0.25) is 0 Å². The largest absolute Gasteiger partial charge is 0.466 e. The Morgan fingerprint density at radius 1 is 0.600 bits per heavy atom. The van der Waals surface area contributed by atoms with Gasteiger partial charge >= 0.3 is 11.9 Å². The van der Waals surface area contributed by atoms with Gasteiger partial charge in [-0.3, -0.25) is 9.59 Å². The molecule has 0 N–H and O–H groups in total.